The van der Waals surface area contributed by atoms with Gasteiger partial charge < -0.3 is 9.47 Å². The minimum Gasteiger partial charge on any atom is -0.422 e. The van der Waals surface area contributed by atoms with Gasteiger partial charge in [0.2, 0.25) is 0 Å². The standard InChI is InChI=1S/C9H12O4/c1-5(2)9-6(3-7(10)12-9)4-8(11)13-9/h5-6H,3-4H2,1-2H3. The van der Waals surface area contributed by atoms with Gasteiger partial charge in [-0.15, -0.1) is 0 Å². The number of carbonyl (C=O) groups excluding carboxylic acids is 2. The Kier molecular flexibility index (Phi) is 1.62. The fourth-order valence-corrected chi connectivity index (χ4v) is 2.09. The number of hydrogen-bond donors (Lipinski definition) is 0. The molecule has 0 bridgehead atoms. The fraction of sp³-hybridized carbons (Fsp3) is 0.778. The van der Waals surface area contributed by atoms with E-state index in [1.807, 2.05) is 13.8 Å². The van der Waals surface area contributed by atoms with E-state index in [2.05, 4.69) is 0 Å². The molecule has 0 spiro atoms. The van der Waals surface area contributed by atoms with Gasteiger partial charge in [-0.05, 0) is 0 Å². The van der Waals surface area contributed by atoms with Gasteiger partial charge in [0.05, 0.1) is 18.8 Å². The smallest absolute Gasteiger partial charge is 0.309 e. The van der Waals surface area contributed by atoms with Crippen molar-refractivity contribution >= 4 is 11.9 Å². The average molecular weight is 184 g/mol. The second-order valence-corrected chi connectivity index (χ2v) is 3.93. The molecule has 0 aliphatic carbocycles. The molecule has 0 unspecified atom stereocenters. The summed E-state index contributed by atoms with van der Waals surface area (Å²) < 4.78 is 10.2. The summed E-state index contributed by atoms with van der Waals surface area (Å²) in [5.41, 5.74) is 0. The van der Waals surface area contributed by atoms with Crippen LogP contribution in [0.5, 0.6) is 0 Å². The van der Waals surface area contributed by atoms with Gasteiger partial charge in [0, 0.05) is 5.92 Å². The Labute approximate surface area is 76.2 Å². The molecule has 2 aliphatic rings. The number of hydrogen-bond acceptors (Lipinski definition) is 4. The van der Waals surface area contributed by atoms with Crippen molar-refractivity contribution in [2.45, 2.75) is 32.5 Å². The number of rotatable bonds is 1. The highest BCUT2D eigenvalue weighted by atomic mass is 16.7. The Morgan fingerprint density at radius 1 is 1.23 bits per heavy atom. The monoisotopic (exact) mass is 184 g/mol. The lowest BCUT2D eigenvalue weighted by Gasteiger charge is -2.29. The van der Waals surface area contributed by atoms with E-state index < -0.39 is 5.79 Å². The summed E-state index contributed by atoms with van der Waals surface area (Å²) in [6.45, 7) is 3.79. The number of esters is 2. The summed E-state index contributed by atoms with van der Waals surface area (Å²) in [6, 6.07) is 0. The highest BCUT2D eigenvalue weighted by Crippen LogP contribution is 2.46. The molecule has 4 nitrogen and oxygen atoms in total. The normalized spacial score (nSPS) is 37.6. The van der Waals surface area contributed by atoms with Crippen LogP contribution in [-0.2, 0) is 19.1 Å². The third-order valence-corrected chi connectivity index (χ3v) is 2.75. The topological polar surface area (TPSA) is 52.6 Å². The first-order chi connectivity index (χ1) is 6.04. The van der Waals surface area contributed by atoms with E-state index in [9.17, 15) is 9.59 Å². The predicted octanol–water partition coefficient (Wildman–Crippen LogP) is 0.849. The number of carbonyl (C=O) groups is 2. The summed E-state index contributed by atoms with van der Waals surface area (Å²) in [7, 11) is 0. The third kappa shape index (κ3) is 1.04. The van der Waals surface area contributed by atoms with Gasteiger partial charge in [-0.25, -0.2) is 0 Å². The molecular formula is C9H12O4. The number of ether oxygens (including phenoxy) is 2. The van der Waals surface area contributed by atoms with Crippen LogP contribution in [0.15, 0.2) is 0 Å². The maximum atomic E-state index is 11.1. The molecule has 2 saturated heterocycles. The van der Waals surface area contributed by atoms with E-state index >= 15 is 0 Å². The molecule has 0 aromatic rings. The Morgan fingerprint density at radius 2 is 1.69 bits per heavy atom. The van der Waals surface area contributed by atoms with Gasteiger partial charge in [-0.2, -0.15) is 0 Å². The van der Waals surface area contributed by atoms with Gasteiger partial charge in [0.25, 0.3) is 5.79 Å². The molecule has 0 radical (unpaired) electrons. The van der Waals surface area contributed by atoms with Crippen molar-refractivity contribution in [3.05, 3.63) is 0 Å². The zero-order chi connectivity index (χ0) is 9.64. The Hall–Kier alpha value is -1.06. The molecule has 13 heavy (non-hydrogen) atoms. The Morgan fingerprint density at radius 3 is 2.00 bits per heavy atom. The second-order valence-electron chi connectivity index (χ2n) is 3.93. The van der Waals surface area contributed by atoms with Crippen LogP contribution in [0, 0.1) is 11.8 Å². The second kappa shape index (κ2) is 2.47. The molecule has 0 atom stereocenters. The van der Waals surface area contributed by atoms with Crippen molar-refractivity contribution in [2.24, 2.45) is 11.8 Å². The van der Waals surface area contributed by atoms with Crippen LogP contribution in [0.25, 0.3) is 0 Å². The van der Waals surface area contributed by atoms with Crippen molar-refractivity contribution in [1.29, 1.82) is 0 Å². The fourth-order valence-electron chi connectivity index (χ4n) is 2.09. The first kappa shape index (κ1) is 8.53. The van der Waals surface area contributed by atoms with E-state index in [1.165, 1.54) is 0 Å². The molecule has 0 N–H and O–H groups in total. The van der Waals surface area contributed by atoms with Crippen LogP contribution in [0.3, 0.4) is 0 Å². The third-order valence-electron chi connectivity index (χ3n) is 2.75. The highest BCUT2D eigenvalue weighted by Gasteiger charge is 2.59. The average Bonchev–Trinajstić information content (AvgIpc) is 2.40. The molecule has 2 fully saturated rings. The molecular weight excluding hydrogens is 172 g/mol. The Balaban J connectivity index is 2.31. The van der Waals surface area contributed by atoms with E-state index in [4.69, 9.17) is 9.47 Å². The summed E-state index contributed by atoms with van der Waals surface area (Å²) in [5.74, 6) is -1.52. The number of fused-ring (bicyclic) bond motifs is 1. The van der Waals surface area contributed by atoms with Crippen molar-refractivity contribution in [1.82, 2.24) is 0 Å². The maximum absolute atomic E-state index is 11.1. The minimum absolute atomic E-state index is 0.0235. The molecule has 0 amide bonds. The minimum atomic E-state index is -0.950. The van der Waals surface area contributed by atoms with Gasteiger partial charge >= 0.3 is 11.9 Å². The van der Waals surface area contributed by atoms with Crippen LogP contribution < -0.4 is 0 Å². The zero-order valence-corrected chi connectivity index (χ0v) is 7.70. The maximum Gasteiger partial charge on any atom is 0.309 e. The van der Waals surface area contributed by atoms with E-state index in [1.54, 1.807) is 0 Å². The van der Waals surface area contributed by atoms with Crippen molar-refractivity contribution in [3.63, 3.8) is 0 Å². The molecule has 2 heterocycles. The molecule has 2 rings (SSSR count). The molecule has 0 aromatic heterocycles. The first-order valence-corrected chi connectivity index (χ1v) is 4.48. The van der Waals surface area contributed by atoms with Crippen LogP contribution in [0.4, 0.5) is 0 Å². The van der Waals surface area contributed by atoms with Crippen molar-refractivity contribution < 1.29 is 19.1 Å². The van der Waals surface area contributed by atoms with Gasteiger partial charge in [0.1, 0.15) is 0 Å². The van der Waals surface area contributed by atoms with Gasteiger partial charge in [-0.1, -0.05) is 13.8 Å². The van der Waals surface area contributed by atoms with E-state index in [0.717, 1.165) is 0 Å². The molecule has 72 valence electrons. The first-order valence-electron chi connectivity index (χ1n) is 4.48. The predicted molar refractivity (Wildman–Crippen MR) is 42.5 cm³/mol. The lowest BCUT2D eigenvalue weighted by atomic mass is 9.89. The van der Waals surface area contributed by atoms with Crippen molar-refractivity contribution in [2.75, 3.05) is 0 Å². The van der Waals surface area contributed by atoms with Crippen molar-refractivity contribution in [3.8, 4) is 0 Å². The van der Waals surface area contributed by atoms with Crippen LogP contribution in [-0.4, -0.2) is 17.7 Å². The largest absolute Gasteiger partial charge is 0.422 e. The van der Waals surface area contributed by atoms with Crippen LogP contribution >= 0.6 is 0 Å². The quantitative estimate of drug-likeness (QED) is 0.567. The molecule has 0 saturated carbocycles. The van der Waals surface area contributed by atoms with Crippen LogP contribution in [0.1, 0.15) is 26.7 Å². The summed E-state index contributed by atoms with van der Waals surface area (Å²) in [5, 5.41) is 0. The lowest BCUT2D eigenvalue weighted by Crippen LogP contribution is -2.39. The van der Waals surface area contributed by atoms with E-state index in [0.29, 0.717) is 12.8 Å². The van der Waals surface area contributed by atoms with Gasteiger partial charge in [0.15, 0.2) is 0 Å². The zero-order valence-electron chi connectivity index (χ0n) is 7.70. The molecule has 2 aliphatic heterocycles. The summed E-state index contributed by atoms with van der Waals surface area (Å²) >= 11 is 0. The Bertz CT molecular complexity index is 249. The van der Waals surface area contributed by atoms with Crippen LogP contribution in [0.2, 0.25) is 0 Å². The summed E-state index contributed by atoms with van der Waals surface area (Å²) in [4.78, 5) is 22.1. The highest BCUT2D eigenvalue weighted by molar-refractivity contribution is 5.79. The lowest BCUT2D eigenvalue weighted by molar-refractivity contribution is -0.221. The SMILES string of the molecule is CC(C)C12OC(=O)CC1CC(=O)O2. The molecule has 0 aromatic carbocycles. The molecule has 4 heteroatoms. The van der Waals surface area contributed by atoms with E-state index in [-0.39, 0.29) is 23.8 Å². The van der Waals surface area contributed by atoms with Gasteiger partial charge in [-0.3, -0.25) is 9.59 Å². The summed E-state index contributed by atoms with van der Waals surface area (Å²) in [6.07, 6.45) is 0.619.